The monoisotopic (exact) mass is 316 g/mol. The molecule has 3 heteroatoms. The Hall–Kier alpha value is -0.580. The van der Waals surface area contributed by atoms with Crippen LogP contribution in [-0.2, 0) is 9.53 Å². The molecular formula is C12H13IO2. The highest BCUT2D eigenvalue weighted by molar-refractivity contribution is 14.1. The molecule has 0 amide bonds. The van der Waals surface area contributed by atoms with E-state index in [1.54, 1.807) is 0 Å². The summed E-state index contributed by atoms with van der Waals surface area (Å²) in [5.41, 5.74) is 1.09. The molecule has 1 saturated carbocycles. The minimum atomic E-state index is -0.0984. The number of halogens is 1. The summed E-state index contributed by atoms with van der Waals surface area (Å²) in [4.78, 5) is 11.7. The predicted molar refractivity (Wildman–Crippen MR) is 66.6 cm³/mol. The number of hydrogen-bond acceptors (Lipinski definition) is 2. The summed E-state index contributed by atoms with van der Waals surface area (Å²) < 4.78 is 6.05. The molecule has 2 nitrogen and oxygen atoms in total. The Labute approximate surface area is 103 Å². The largest absolute Gasteiger partial charge is 0.469 e. The fourth-order valence-electron chi connectivity index (χ4n) is 1.83. The van der Waals surface area contributed by atoms with E-state index in [0.717, 1.165) is 18.4 Å². The minimum absolute atomic E-state index is 0.0491. The quantitative estimate of drug-likeness (QED) is 0.633. The molecule has 1 fully saturated rings. The van der Waals surface area contributed by atoms with Gasteiger partial charge < -0.3 is 4.74 Å². The van der Waals surface area contributed by atoms with Gasteiger partial charge in [0.25, 0.3) is 0 Å². The van der Waals surface area contributed by atoms with E-state index < -0.39 is 0 Å². The third-order valence-electron chi connectivity index (χ3n) is 2.78. The standard InChI is InChI=1S/C12H13IO2/c1-15-12(14)11(8-2-3-8)9-4-6-10(13)7-5-9/h4-8,11H,2-3H2,1H3. The highest BCUT2D eigenvalue weighted by atomic mass is 127. The summed E-state index contributed by atoms with van der Waals surface area (Å²) in [7, 11) is 1.46. The number of methoxy groups -OCH3 is 1. The molecule has 15 heavy (non-hydrogen) atoms. The molecule has 1 aromatic carbocycles. The Kier molecular flexibility index (Phi) is 3.29. The fourth-order valence-corrected chi connectivity index (χ4v) is 2.19. The van der Waals surface area contributed by atoms with Crippen molar-refractivity contribution in [3.63, 3.8) is 0 Å². The number of benzene rings is 1. The molecule has 0 bridgehead atoms. The number of ether oxygens (including phenoxy) is 1. The number of esters is 1. The Bertz CT molecular complexity index is 354. The van der Waals surface area contributed by atoms with Crippen molar-refractivity contribution in [2.45, 2.75) is 18.8 Å². The SMILES string of the molecule is COC(=O)C(c1ccc(I)cc1)C1CC1. The van der Waals surface area contributed by atoms with Crippen molar-refractivity contribution in [2.24, 2.45) is 5.92 Å². The zero-order chi connectivity index (χ0) is 10.8. The van der Waals surface area contributed by atoms with Gasteiger partial charge in [0.05, 0.1) is 13.0 Å². The van der Waals surface area contributed by atoms with E-state index in [4.69, 9.17) is 4.74 Å². The first-order chi connectivity index (χ1) is 7.22. The number of hydrogen-bond donors (Lipinski definition) is 0. The number of carbonyl (C=O) groups is 1. The van der Waals surface area contributed by atoms with Crippen LogP contribution in [0, 0.1) is 9.49 Å². The van der Waals surface area contributed by atoms with Gasteiger partial charge >= 0.3 is 5.97 Å². The van der Waals surface area contributed by atoms with Gasteiger partial charge in [-0.3, -0.25) is 4.79 Å². The molecule has 1 aliphatic rings. The van der Waals surface area contributed by atoms with E-state index in [-0.39, 0.29) is 11.9 Å². The zero-order valence-corrected chi connectivity index (χ0v) is 10.7. The van der Waals surface area contributed by atoms with Gasteiger partial charge in [-0.25, -0.2) is 0 Å². The fraction of sp³-hybridized carbons (Fsp3) is 0.417. The van der Waals surface area contributed by atoms with Crippen molar-refractivity contribution >= 4 is 28.6 Å². The van der Waals surface area contributed by atoms with Crippen LogP contribution in [0.5, 0.6) is 0 Å². The minimum Gasteiger partial charge on any atom is -0.469 e. The van der Waals surface area contributed by atoms with E-state index in [1.165, 1.54) is 10.7 Å². The van der Waals surface area contributed by atoms with Crippen LogP contribution in [-0.4, -0.2) is 13.1 Å². The van der Waals surface area contributed by atoms with Crippen molar-refractivity contribution in [1.82, 2.24) is 0 Å². The van der Waals surface area contributed by atoms with Gasteiger partial charge in [0.15, 0.2) is 0 Å². The summed E-state index contributed by atoms with van der Waals surface area (Å²) in [6, 6.07) is 8.13. The van der Waals surface area contributed by atoms with Crippen LogP contribution in [0.15, 0.2) is 24.3 Å². The number of rotatable bonds is 3. The maximum Gasteiger partial charge on any atom is 0.313 e. The predicted octanol–water partition coefficient (Wildman–Crippen LogP) is 2.96. The molecule has 0 spiro atoms. The molecule has 1 aliphatic carbocycles. The van der Waals surface area contributed by atoms with Crippen LogP contribution in [0.25, 0.3) is 0 Å². The van der Waals surface area contributed by atoms with Gasteiger partial charge in [-0.15, -0.1) is 0 Å². The molecule has 0 saturated heterocycles. The second-order valence-corrected chi connectivity index (χ2v) is 5.14. The normalized spacial score (nSPS) is 17.2. The molecule has 0 aromatic heterocycles. The second kappa shape index (κ2) is 4.51. The third-order valence-corrected chi connectivity index (χ3v) is 3.50. The van der Waals surface area contributed by atoms with Crippen LogP contribution < -0.4 is 0 Å². The van der Waals surface area contributed by atoms with Crippen LogP contribution >= 0.6 is 22.6 Å². The van der Waals surface area contributed by atoms with Crippen LogP contribution in [0.1, 0.15) is 24.3 Å². The zero-order valence-electron chi connectivity index (χ0n) is 8.57. The van der Waals surface area contributed by atoms with Crippen LogP contribution in [0.4, 0.5) is 0 Å². The van der Waals surface area contributed by atoms with E-state index in [1.807, 2.05) is 24.3 Å². The van der Waals surface area contributed by atoms with Crippen molar-refractivity contribution in [1.29, 1.82) is 0 Å². The van der Waals surface area contributed by atoms with E-state index in [0.29, 0.717) is 5.92 Å². The molecule has 0 N–H and O–H groups in total. The van der Waals surface area contributed by atoms with Crippen molar-refractivity contribution in [3.8, 4) is 0 Å². The maximum atomic E-state index is 11.7. The Balaban J connectivity index is 2.24. The molecule has 1 atom stereocenters. The van der Waals surface area contributed by atoms with Crippen molar-refractivity contribution in [3.05, 3.63) is 33.4 Å². The van der Waals surface area contributed by atoms with Crippen LogP contribution in [0.2, 0.25) is 0 Å². The third kappa shape index (κ3) is 2.51. The molecule has 0 heterocycles. The van der Waals surface area contributed by atoms with Gasteiger partial charge in [-0.2, -0.15) is 0 Å². The Morgan fingerprint density at radius 1 is 1.40 bits per heavy atom. The lowest BCUT2D eigenvalue weighted by Crippen LogP contribution is -2.16. The van der Waals surface area contributed by atoms with E-state index >= 15 is 0 Å². The summed E-state index contributed by atoms with van der Waals surface area (Å²) in [6.45, 7) is 0. The summed E-state index contributed by atoms with van der Waals surface area (Å²) in [5, 5.41) is 0. The first-order valence-corrected chi connectivity index (χ1v) is 6.13. The summed E-state index contributed by atoms with van der Waals surface area (Å²) in [6.07, 6.45) is 2.29. The van der Waals surface area contributed by atoms with Gasteiger partial charge in [0.2, 0.25) is 0 Å². The first-order valence-electron chi connectivity index (χ1n) is 5.05. The number of carbonyl (C=O) groups excluding carboxylic acids is 1. The lowest BCUT2D eigenvalue weighted by atomic mass is 9.94. The lowest BCUT2D eigenvalue weighted by Gasteiger charge is -2.13. The first kappa shape index (κ1) is 10.9. The molecule has 1 aromatic rings. The smallest absolute Gasteiger partial charge is 0.313 e. The molecule has 2 rings (SSSR count). The summed E-state index contributed by atoms with van der Waals surface area (Å²) in [5.74, 6) is 0.350. The van der Waals surface area contributed by atoms with Crippen molar-refractivity contribution < 1.29 is 9.53 Å². The van der Waals surface area contributed by atoms with Gasteiger partial charge in [0.1, 0.15) is 0 Å². The molecular weight excluding hydrogens is 303 g/mol. The van der Waals surface area contributed by atoms with Gasteiger partial charge in [-0.05, 0) is 59.0 Å². The van der Waals surface area contributed by atoms with Gasteiger partial charge in [-0.1, -0.05) is 12.1 Å². The van der Waals surface area contributed by atoms with E-state index in [9.17, 15) is 4.79 Å². The average Bonchev–Trinajstić information content (AvgIpc) is 3.05. The maximum absolute atomic E-state index is 11.7. The van der Waals surface area contributed by atoms with Gasteiger partial charge in [0, 0.05) is 3.57 Å². The van der Waals surface area contributed by atoms with Crippen LogP contribution in [0.3, 0.4) is 0 Å². The van der Waals surface area contributed by atoms with Crippen molar-refractivity contribution in [2.75, 3.05) is 7.11 Å². The average molecular weight is 316 g/mol. The molecule has 80 valence electrons. The molecule has 0 aliphatic heterocycles. The highest BCUT2D eigenvalue weighted by Crippen LogP contribution is 2.43. The topological polar surface area (TPSA) is 26.3 Å². The molecule has 0 radical (unpaired) electrons. The Morgan fingerprint density at radius 2 is 2.00 bits per heavy atom. The Morgan fingerprint density at radius 3 is 2.47 bits per heavy atom. The highest BCUT2D eigenvalue weighted by Gasteiger charge is 2.37. The lowest BCUT2D eigenvalue weighted by molar-refractivity contribution is -0.143. The second-order valence-electron chi connectivity index (χ2n) is 3.89. The molecule has 1 unspecified atom stereocenters. The van der Waals surface area contributed by atoms with E-state index in [2.05, 4.69) is 22.6 Å². The summed E-state index contributed by atoms with van der Waals surface area (Å²) >= 11 is 2.26.